The molecule has 1 saturated carbocycles. The Hall–Kier alpha value is -1.10. The molecule has 3 rings (SSSR count). The Labute approximate surface area is 126 Å². The number of carbonyl (C=O) groups is 2. The Morgan fingerprint density at radius 3 is 2.52 bits per heavy atom. The fourth-order valence-electron chi connectivity index (χ4n) is 4.34. The van der Waals surface area contributed by atoms with E-state index >= 15 is 0 Å². The van der Waals surface area contributed by atoms with Gasteiger partial charge in [-0.15, -0.1) is 0 Å². The first-order chi connectivity index (χ1) is 10.2. The van der Waals surface area contributed by atoms with Gasteiger partial charge in [-0.3, -0.25) is 4.79 Å². The van der Waals surface area contributed by atoms with Crippen LogP contribution in [0.1, 0.15) is 57.8 Å². The Kier molecular flexibility index (Phi) is 4.48. The number of hydrogen-bond acceptors (Lipinski definition) is 3. The third kappa shape index (κ3) is 3.07. The van der Waals surface area contributed by atoms with Gasteiger partial charge in [-0.1, -0.05) is 12.8 Å². The number of amides is 1. The number of fused-ring (bicyclic) bond motifs is 1. The number of nitrogens with one attached hydrogen (secondary N) is 1. The summed E-state index contributed by atoms with van der Waals surface area (Å²) >= 11 is 0. The molecule has 0 spiro atoms. The summed E-state index contributed by atoms with van der Waals surface area (Å²) in [7, 11) is 0. The van der Waals surface area contributed by atoms with E-state index in [0.717, 1.165) is 38.0 Å². The third-order valence-electron chi connectivity index (χ3n) is 5.52. The predicted molar refractivity (Wildman–Crippen MR) is 78.9 cm³/mol. The van der Waals surface area contributed by atoms with Crippen LogP contribution in [0.5, 0.6) is 0 Å². The standard InChI is InChI=1S/C16H26N2O3/c19-15(18-10-4-3-7-14(18)16(20)21)13-9-8-11-5-1-2-6-12(11)17-13/h11-14,17H,1-10H2,(H,20,21). The first-order valence-corrected chi connectivity index (χ1v) is 8.46. The lowest BCUT2D eigenvalue weighted by molar-refractivity contribution is -0.153. The maximum Gasteiger partial charge on any atom is 0.326 e. The highest BCUT2D eigenvalue weighted by atomic mass is 16.4. The van der Waals surface area contributed by atoms with Crippen molar-refractivity contribution in [1.82, 2.24) is 10.2 Å². The zero-order chi connectivity index (χ0) is 14.8. The zero-order valence-corrected chi connectivity index (χ0v) is 12.6. The molecule has 3 aliphatic rings. The van der Waals surface area contributed by atoms with Crippen LogP contribution in [0, 0.1) is 5.92 Å². The lowest BCUT2D eigenvalue weighted by atomic mass is 9.77. The molecule has 2 N–H and O–H groups in total. The summed E-state index contributed by atoms with van der Waals surface area (Å²) in [6.07, 6.45) is 9.40. The van der Waals surface area contributed by atoms with Crippen molar-refractivity contribution in [3.05, 3.63) is 0 Å². The highest BCUT2D eigenvalue weighted by Crippen LogP contribution is 2.33. The van der Waals surface area contributed by atoms with Crippen LogP contribution in [0.2, 0.25) is 0 Å². The molecule has 5 nitrogen and oxygen atoms in total. The van der Waals surface area contributed by atoms with Gasteiger partial charge in [0.1, 0.15) is 6.04 Å². The molecule has 5 heteroatoms. The number of carboxylic acids is 1. The number of nitrogens with zero attached hydrogens (tertiary/aromatic N) is 1. The van der Waals surface area contributed by atoms with Gasteiger partial charge in [0.2, 0.25) is 5.91 Å². The van der Waals surface area contributed by atoms with Crippen LogP contribution in [-0.4, -0.2) is 46.6 Å². The van der Waals surface area contributed by atoms with E-state index in [-0.39, 0.29) is 11.9 Å². The minimum atomic E-state index is -0.852. The summed E-state index contributed by atoms with van der Waals surface area (Å²) < 4.78 is 0. The number of hydrogen-bond donors (Lipinski definition) is 2. The summed E-state index contributed by atoms with van der Waals surface area (Å²) in [5.74, 6) is -0.111. The Morgan fingerprint density at radius 1 is 0.952 bits per heavy atom. The van der Waals surface area contributed by atoms with Crippen LogP contribution in [0.15, 0.2) is 0 Å². The highest BCUT2D eigenvalue weighted by molar-refractivity contribution is 5.87. The molecule has 3 fully saturated rings. The van der Waals surface area contributed by atoms with Crippen molar-refractivity contribution in [2.45, 2.75) is 75.9 Å². The lowest BCUT2D eigenvalue weighted by Gasteiger charge is -2.42. The van der Waals surface area contributed by atoms with Crippen LogP contribution < -0.4 is 5.32 Å². The SMILES string of the molecule is O=C(O)C1CCCCN1C(=O)C1CCC2CCCCC2N1. The van der Waals surface area contributed by atoms with Gasteiger partial charge in [0, 0.05) is 12.6 Å². The van der Waals surface area contributed by atoms with Crippen molar-refractivity contribution >= 4 is 11.9 Å². The molecule has 118 valence electrons. The lowest BCUT2D eigenvalue weighted by Crippen LogP contribution is -2.59. The second-order valence-electron chi connectivity index (χ2n) is 6.83. The molecule has 2 saturated heterocycles. The molecule has 1 aliphatic carbocycles. The van der Waals surface area contributed by atoms with E-state index in [1.807, 2.05) is 0 Å². The normalized spacial score (nSPS) is 36.9. The maximum absolute atomic E-state index is 12.7. The van der Waals surface area contributed by atoms with Crippen LogP contribution in [0.25, 0.3) is 0 Å². The molecular formula is C16H26N2O3. The van der Waals surface area contributed by atoms with Crippen molar-refractivity contribution < 1.29 is 14.7 Å². The van der Waals surface area contributed by atoms with Gasteiger partial charge in [0.25, 0.3) is 0 Å². The van der Waals surface area contributed by atoms with Crippen molar-refractivity contribution in [2.75, 3.05) is 6.54 Å². The topological polar surface area (TPSA) is 69.6 Å². The number of aliphatic carboxylic acids is 1. The average molecular weight is 294 g/mol. The van der Waals surface area contributed by atoms with Gasteiger partial charge >= 0.3 is 5.97 Å². The molecule has 0 aromatic carbocycles. The second-order valence-corrected chi connectivity index (χ2v) is 6.83. The highest BCUT2D eigenvalue weighted by Gasteiger charge is 2.39. The molecular weight excluding hydrogens is 268 g/mol. The van der Waals surface area contributed by atoms with Crippen LogP contribution in [0.4, 0.5) is 0 Å². The fourth-order valence-corrected chi connectivity index (χ4v) is 4.34. The molecule has 4 unspecified atom stereocenters. The van der Waals surface area contributed by atoms with E-state index in [9.17, 15) is 14.7 Å². The number of likely N-dealkylation sites (tertiary alicyclic amines) is 1. The first-order valence-electron chi connectivity index (χ1n) is 8.46. The van der Waals surface area contributed by atoms with Gasteiger partial charge in [-0.2, -0.15) is 0 Å². The fraction of sp³-hybridized carbons (Fsp3) is 0.875. The summed E-state index contributed by atoms with van der Waals surface area (Å²) in [6.45, 7) is 0.599. The molecule has 4 atom stereocenters. The molecule has 1 amide bonds. The minimum Gasteiger partial charge on any atom is -0.480 e. The monoisotopic (exact) mass is 294 g/mol. The van der Waals surface area contributed by atoms with Gasteiger partial charge in [0.05, 0.1) is 6.04 Å². The van der Waals surface area contributed by atoms with Crippen molar-refractivity contribution in [3.63, 3.8) is 0 Å². The molecule has 0 aromatic heterocycles. The molecule has 0 aromatic rings. The van der Waals surface area contributed by atoms with Gasteiger partial charge in [-0.05, 0) is 50.9 Å². The zero-order valence-electron chi connectivity index (χ0n) is 12.6. The van der Waals surface area contributed by atoms with Gasteiger partial charge in [-0.25, -0.2) is 4.79 Å². The molecule has 2 aliphatic heterocycles. The van der Waals surface area contributed by atoms with E-state index < -0.39 is 12.0 Å². The number of piperidine rings is 2. The summed E-state index contributed by atoms with van der Waals surface area (Å²) in [6, 6.07) is -0.309. The van der Waals surface area contributed by atoms with E-state index in [0.29, 0.717) is 19.0 Å². The summed E-state index contributed by atoms with van der Waals surface area (Å²) in [5, 5.41) is 12.9. The van der Waals surface area contributed by atoms with E-state index in [4.69, 9.17) is 0 Å². The van der Waals surface area contributed by atoms with E-state index in [1.54, 1.807) is 4.90 Å². The largest absolute Gasteiger partial charge is 0.480 e. The van der Waals surface area contributed by atoms with Crippen molar-refractivity contribution in [3.8, 4) is 0 Å². The molecule has 0 bridgehead atoms. The number of carboxylic acid groups (broad SMARTS) is 1. The van der Waals surface area contributed by atoms with E-state index in [2.05, 4.69) is 5.32 Å². The first kappa shape index (κ1) is 14.8. The molecule has 2 heterocycles. The minimum absolute atomic E-state index is 0.0196. The van der Waals surface area contributed by atoms with Crippen LogP contribution in [0.3, 0.4) is 0 Å². The second kappa shape index (κ2) is 6.34. The average Bonchev–Trinajstić information content (AvgIpc) is 2.53. The van der Waals surface area contributed by atoms with Crippen molar-refractivity contribution in [2.24, 2.45) is 5.92 Å². The number of carbonyl (C=O) groups excluding carboxylic acids is 1. The van der Waals surface area contributed by atoms with E-state index in [1.165, 1.54) is 19.3 Å². The Morgan fingerprint density at radius 2 is 1.71 bits per heavy atom. The maximum atomic E-state index is 12.7. The quantitative estimate of drug-likeness (QED) is 0.814. The summed E-state index contributed by atoms with van der Waals surface area (Å²) in [4.78, 5) is 25.7. The third-order valence-corrected chi connectivity index (χ3v) is 5.52. The summed E-state index contributed by atoms with van der Waals surface area (Å²) in [5.41, 5.74) is 0. The smallest absolute Gasteiger partial charge is 0.326 e. The number of rotatable bonds is 2. The predicted octanol–water partition coefficient (Wildman–Crippen LogP) is 1.76. The Bertz CT molecular complexity index is 412. The molecule has 0 radical (unpaired) electrons. The van der Waals surface area contributed by atoms with Crippen LogP contribution >= 0.6 is 0 Å². The van der Waals surface area contributed by atoms with Gasteiger partial charge < -0.3 is 15.3 Å². The van der Waals surface area contributed by atoms with Gasteiger partial charge in [0.15, 0.2) is 0 Å². The molecule has 21 heavy (non-hydrogen) atoms. The van der Waals surface area contributed by atoms with Crippen molar-refractivity contribution in [1.29, 1.82) is 0 Å². The van der Waals surface area contributed by atoms with Crippen LogP contribution in [-0.2, 0) is 9.59 Å². The Balaban J connectivity index is 1.65.